The fourth-order valence-corrected chi connectivity index (χ4v) is 3.37. The predicted molar refractivity (Wildman–Crippen MR) is 86.1 cm³/mol. The van der Waals surface area contributed by atoms with E-state index < -0.39 is 17.7 Å². The van der Waals surface area contributed by atoms with Gasteiger partial charge in [0.15, 0.2) is 0 Å². The number of carbonyl (C=O) groups excluding carboxylic acids is 1. The molecule has 1 aromatic carbocycles. The van der Waals surface area contributed by atoms with E-state index >= 15 is 0 Å². The third-order valence-corrected chi connectivity index (χ3v) is 4.44. The Balaban J connectivity index is 2.35. The molecule has 2 rings (SSSR count). The van der Waals surface area contributed by atoms with Crippen molar-refractivity contribution in [3.63, 3.8) is 0 Å². The summed E-state index contributed by atoms with van der Waals surface area (Å²) in [6.45, 7) is 1.37. The Morgan fingerprint density at radius 3 is 2.17 bits per heavy atom. The van der Waals surface area contributed by atoms with E-state index in [0.29, 0.717) is 24.1 Å². The minimum atomic E-state index is -4.44. The first kappa shape index (κ1) is 17.9. The topological polar surface area (TPSA) is 29.1 Å². The van der Waals surface area contributed by atoms with Crippen molar-refractivity contribution in [1.82, 2.24) is 0 Å². The molecule has 1 aliphatic rings. The van der Waals surface area contributed by atoms with Gasteiger partial charge in [0.2, 0.25) is 5.91 Å². The first-order chi connectivity index (χ1) is 10.8. The number of nitrogens with one attached hydrogen (secondary N) is 1. The molecule has 2 nitrogen and oxygen atoms in total. The van der Waals surface area contributed by atoms with Crippen LogP contribution < -0.4 is 5.32 Å². The van der Waals surface area contributed by atoms with Gasteiger partial charge >= 0.3 is 6.18 Å². The Hall–Kier alpha value is -1.49. The molecule has 1 saturated carbocycles. The Kier molecular flexibility index (Phi) is 5.74. The third kappa shape index (κ3) is 4.74. The molecule has 126 valence electrons. The van der Waals surface area contributed by atoms with Gasteiger partial charge in [0.25, 0.3) is 0 Å². The molecule has 1 amide bonds. The van der Waals surface area contributed by atoms with Crippen LogP contribution in [0.3, 0.4) is 0 Å². The minimum absolute atomic E-state index is 0.237. The maximum atomic E-state index is 13.5. The molecular weight excluding hydrogens is 327 g/mol. The van der Waals surface area contributed by atoms with Crippen LogP contribution in [0.25, 0.3) is 5.03 Å². The number of carbonyl (C=O) groups is 1. The normalized spacial score (nSPS) is 17.6. The Bertz CT molecular complexity index is 587. The largest absolute Gasteiger partial charge is 0.414 e. The van der Waals surface area contributed by atoms with E-state index in [0.717, 1.165) is 19.3 Å². The molecule has 0 saturated heterocycles. The van der Waals surface area contributed by atoms with Gasteiger partial charge in [-0.15, -0.1) is 0 Å². The van der Waals surface area contributed by atoms with Crippen LogP contribution in [0.4, 0.5) is 18.9 Å². The molecule has 1 fully saturated rings. The number of allylic oxidation sites excluding steroid dienone is 1. The minimum Gasteiger partial charge on any atom is -0.326 e. The quantitative estimate of drug-likeness (QED) is 0.743. The van der Waals surface area contributed by atoms with Crippen LogP contribution in [0, 0.1) is 5.92 Å². The summed E-state index contributed by atoms with van der Waals surface area (Å²) < 4.78 is 40.5. The fourth-order valence-electron chi connectivity index (χ4n) is 2.99. The van der Waals surface area contributed by atoms with E-state index in [1.54, 1.807) is 12.1 Å². The van der Waals surface area contributed by atoms with Gasteiger partial charge in [-0.1, -0.05) is 43.0 Å². The van der Waals surface area contributed by atoms with Crippen LogP contribution in [0.2, 0.25) is 0 Å². The van der Waals surface area contributed by atoms with Crippen molar-refractivity contribution in [3.8, 4) is 0 Å². The Morgan fingerprint density at radius 2 is 1.70 bits per heavy atom. The maximum Gasteiger partial charge on any atom is 0.414 e. The van der Waals surface area contributed by atoms with Crippen molar-refractivity contribution in [2.75, 3.05) is 5.32 Å². The zero-order chi connectivity index (χ0) is 17.0. The molecule has 0 radical (unpaired) electrons. The summed E-state index contributed by atoms with van der Waals surface area (Å²) in [5.41, 5.74) is 0.224. The molecule has 1 N–H and O–H groups in total. The second-order valence-electron chi connectivity index (χ2n) is 5.82. The van der Waals surface area contributed by atoms with Gasteiger partial charge in [-0.05, 0) is 36.5 Å². The Labute approximate surface area is 138 Å². The van der Waals surface area contributed by atoms with Crippen LogP contribution in [0.15, 0.2) is 29.8 Å². The lowest BCUT2D eigenvalue weighted by Crippen LogP contribution is -2.23. The molecular formula is C17H19ClF3NO. The highest BCUT2D eigenvalue weighted by molar-refractivity contribution is 6.49. The predicted octanol–water partition coefficient (Wildman–Crippen LogP) is 5.74. The van der Waals surface area contributed by atoms with Gasteiger partial charge < -0.3 is 5.32 Å². The molecule has 0 spiro atoms. The monoisotopic (exact) mass is 345 g/mol. The van der Waals surface area contributed by atoms with E-state index in [1.165, 1.54) is 19.1 Å². The number of halogens is 4. The molecule has 0 atom stereocenters. The number of alkyl halides is 3. The van der Waals surface area contributed by atoms with Gasteiger partial charge in [-0.25, -0.2) is 0 Å². The van der Waals surface area contributed by atoms with Crippen molar-refractivity contribution in [3.05, 3.63) is 35.4 Å². The summed E-state index contributed by atoms with van der Waals surface area (Å²) in [6, 6.07) is 6.10. The molecule has 6 heteroatoms. The summed E-state index contributed by atoms with van der Waals surface area (Å²) in [6.07, 6.45) is -0.810. The molecule has 1 aliphatic carbocycles. The smallest absolute Gasteiger partial charge is 0.326 e. The van der Waals surface area contributed by atoms with Crippen molar-refractivity contribution < 1.29 is 18.0 Å². The fraction of sp³-hybridized carbons (Fsp3) is 0.471. The molecule has 0 unspecified atom stereocenters. The SMILES string of the molecule is CC(=O)Nc1ccc(/C(Cl)=C(/C2CCCCC2)C(F)(F)F)cc1. The van der Waals surface area contributed by atoms with Gasteiger partial charge in [-0.3, -0.25) is 4.79 Å². The van der Waals surface area contributed by atoms with Gasteiger partial charge in [-0.2, -0.15) is 13.2 Å². The van der Waals surface area contributed by atoms with Crippen LogP contribution >= 0.6 is 11.6 Å². The van der Waals surface area contributed by atoms with Gasteiger partial charge in [0, 0.05) is 12.6 Å². The van der Waals surface area contributed by atoms with Crippen molar-refractivity contribution >= 4 is 28.2 Å². The highest BCUT2D eigenvalue weighted by Gasteiger charge is 2.41. The molecule has 23 heavy (non-hydrogen) atoms. The highest BCUT2D eigenvalue weighted by atomic mass is 35.5. The summed E-state index contributed by atoms with van der Waals surface area (Å²) in [4.78, 5) is 11.0. The lowest BCUT2D eigenvalue weighted by molar-refractivity contribution is -0.114. The third-order valence-electron chi connectivity index (χ3n) is 4.01. The molecule has 0 aliphatic heterocycles. The molecule has 0 heterocycles. The zero-order valence-electron chi connectivity index (χ0n) is 12.8. The highest BCUT2D eigenvalue weighted by Crippen LogP contribution is 2.44. The number of anilines is 1. The number of hydrogen-bond donors (Lipinski definition) is 1. The van der Waals surface area contributed by atoms with Crippen molar-refractivity contribution in [2.24, 2.45) is 5.92 Å². The number of hydrogen-bond acceptors (Lipinski definition) is 1. The second-order valence-corrected chi connectivity index (χ2v) is 6.20. The van der Waals surface area contributed by atoms with E-state index in [1.807, 2.05) is 0 Å². The standard InChI is InChI=1S/C17H19ClF3NO/c1-11(23)22-14-9-7-13(8-10-14)16(18)15(17(19,20)21)12-5-3-2-4-6-12/h7-10,12H,2-6H2,1H3,(H,22,23)/b16-15+. The Morgan fingerprint density at radius 1 is 1.13 bits per heavy atom. The van der Waals surface area contributed by atoms with E-state index in [9.17, 15) is 18.0 Å². The summed E-state index contributed by atoms with van der Waals surface area (Å²) in [7, 11) is 0. The molecule has 0 aromatic heterocycles. The molecule has 0 bridgehead atoms. The zero-order valence-corrected chi connectivity index (χ0v) is 13.6. The number of benzene rings is 1. The van der Waals surface area contributed by atoms with Crippen LogP contribution in [-0.2, 0) is 4.79 Å². The second kappa shape index (κ2) is 7.39. The van der Waals surface area contributed by atoms with Crippen LogP contribution in [0.5, 0.6) is 0 Å². The van der Waals surface area contributed by atoms with Crippen LogP contribution in [0.1, 0.15) is 44.6 Å². The summed E-state index contributed by atoms with van der Waals surface area (Å²) >= 11 is 6.12. The lowest BCUT2D eigenvalue weighted by Gasteiger charge is -2.27. The van der Waals surface area contributed by atoms with Gasteiger partial charge in [0.05, 0.1) is 10.6 Å². The average Bonchev–Trinajstić information content (AvgIpc) is 2.47. The van der Waals surface area contributed by atoms with Crippen molar-refractivity contribution in [1.29, 1.82) is 0 Å². The van der Waals surface area contributed by atoms with E-state index in [4.69, 9.17) is 11.6 Å². The molecule has 1 aromatic rings. The van der Waals surface area contributed by atoms with E-state index in [2.05, 4.69) is 5.32 Å². The first-order valence-electron chi connectivity index (χ1n) is 7.64. The number of amides is 1. The lowest BCUT2D eigenvalue weighted by atomic mass is 9.82. The maximum absolute atomic E-state index is 13.5. The summed E-state index contributed by atoms with van der Waals surface area (Å²) in [5, 5.41) is 2.34. The number of rotatable bonds is 3. The van der Waals surface area contributed by atoms with Crippen LogP contribution in [-0.4, -0.2) is 12.1 Å². The summed E-state index contributed by atoms with van der Waals surface area (Å²) in [5.74, 6) is -0.774. The first-order valence-corrected chi connectivity index (χ1v) is 8.01. The van der Waals surface area contributed by atoms with Crippen molar-refractivity contribution in [2.45, 2.75) is 45.2 Å². The average molecular weight is 346 g/mol. The van der Waals surface area contributed by atoms with E-state index in [-0.39, 0.29) is 10.9 Å². The van der Waals surface area contributed by atoms with Gasteiger partial charge in [0.1, 0.15) is 0 Å².